The lowest BCUT2D eigenvalue weighted by atomic mass is 10.4. The van der Waals surface area contributed by atoms with E-state index < -0.39 is 0 Å². The molecule has 0 aromatic carbocycles. The van der Waals surface area contributed by atoms with Crippen LogP contribution in [0.4, 0.5) is 0 Å². The van der Waals surface area contributed by atoms with Crippen molar-refractivity contribution in [3.63, 3.8) is 0 Å². The molecule has 0 aromatic rings. The van der Waals surface area contributed by atoms with Gasteiger partial charge in [0.25, 0.3) is 0 Å². The summed E-state index contributed by atoms with van der Waals surface area (Å²) >= 11 is 0. The van der Waals surface area contributed by atoms with E-state index in [0.717, 1.165) is 58.9 Å². The summed E-state index contributed by atoms with van der Waals surface area (Å²) in [6, 6.07) is 2.70. The van der Waals surface area contributed by atoms with Crippen molar-refractivity contribution in [1.82, 2.24) is 9.80 Å². The maximum atomic E-state index is 5.60. The van der Waals surface area contributed by atoms with Gasteiger partial charge in [-0.1, -0.05) is 12.1 Å². The van der Waals surface area contributed by atoms with Crippen molar-refractivity contribution in [3.05, 3.63) is 0 Å². The van der Waals surface area contributed by atoms with E-state index in [4.69, 9.17) is 14.2 Å². The van der Waals surface area contributed by atoms with Crippen molar-refractivity contribution in [2.45, 2.75) is 52.0 Å². The highest BCUT2D eigenvalue weighted by Crippen LogP contribution is 2.05. The van der Waals surface area contributed by atoms with E-state index in [1.54, 1.807) is 0 Å². The standard InChI is InChI=1S/C18H42N2O3Si/c1-6-21-15-9-11-19(4)12-13-20(5)14-17-24-16-10-18(22-7-2)23-8-3/h18H,6-17,24H2,1-5H3. The van der Waals surface area contributed by atoms with Gasteiger partial charge >= 0.3 is 0 Å². The van der Waals surface area contributed by atoms with Gasteiger partial charge in [-0.25, -0.2) is 0 Å². The van der Waals surface area contributed by atoms with E-state index in [-0.39, 0.29) is 15.8 Å². The number of hydrogen-bond donors (Lipinski definition) is 0. The molecule has 0 rings (SSSR count). The zero-order valence-corrected chi connectivity index (χ0v) is 18.3. The molecule has 0 aromatic heterocycles. The summed E-state index contributed by atoms with van der Waals surface area (Å²) in [6.07, 6.45) is 2.22. The summed E-state index contributed by atoms with van der Waals surface area (Å²) in [6.45, 7) is 14.0. The van der Waals surface area contributed by atoms with Gasteiger partial charge < -0.3 is 24.0 Å². The molecule has 0 aliphatic carbocycles. The predicted octanol–water partition coefficient (Wildman–Crippen LogP) is 2.07. The minimum Gasteiger partial charge on any atom is -0.382 e. The van der Waals surface area contributed by atoms with Gasteiger partial charge in [0.1, 0.15) is 0 Å². The van der Waals surface area contributed by atoms with Crippen LogP contribution < -0.4 is 0 Å². The van der Waals surface area contributed by atoms with Gasteiger partial charge in [-0.2, -0.15) is 0 Å². The lowest BCUT2D eigenvalue weighted by Gasteiger charge is -2.22. The Bertz CT molecular complexity index is 254. The summed E-state index contributed by atoms with van der Waals surface area (Å²) in [5.41, 5.74) is 0. The zero-order valence-electron chi connectivity index (χ0n) is 16.9. The van der Waals surface area contributed by atoms with E-state index in [0.29, 0.717) is 0 Å². The Morgan fingerprint density at radius 2 is 1.42 bits per heavy atom. The van der Waals surface area contributed by atoms with Gasteiger partial charge in [0.05, 0.1) is 0 Å². The Hall–Kier alpha value is 0.0169. The normalized spacial score (nSPS) is 12.5. The predicted molar refractivity (Wildman–Crippen MR) is 106 cm³/mol. The lowest BCUT2D eigenvalue weighted by Crippen LogP contribution is -2.32. The SMILES string of the molecule is CCOCCCN(C)CCN(C)CC[SiH2]CCC(OCC)OCC. The second-order valence-electron chi connectivity index (χ2n) is 6.35. The summed E-state index contributed by atoms with van der Waals surface area (Å²) in [4.78, 5) is 4.87. The van der Waals surface area contributed by atoms with Crippen LogP contribution >= 0.6 is 0 Å². The van der Waals surface area contributed by atoms with Crippen molar-refractivity contribution in [3.8, 4) is 0 Å². The van der Waals surface area contributed by atoms with E-state index in [2.05, 4.69) is 30.8 Å². The van der Waals surface area contributed by atoms with Crippen LogP contribution in [0.5, 0.6) is 0 Å². The molecule has 0 N–H and O–H groups in total. The van der Waals surface area contributed by atoms with Crippen molar-refractivity contribution in [2.24, 2.45) is 0 Å². The number of likely N-dealkylation sites (N-methyl/N-ethyl adjacent to an activating group) is 2. The van der Waals surface area contributed by atoms with Crippen LogP contribution in [0.15, 0.2) is 0 Å². The van der Waals surface area contributed by atoms with Crippen molar-refractivity contribution >= 4 is 9.52 Å². The van der Waals surface area contributed by atoms with Crippen molar-refractivity contribution in [2.75, 3.05) is 66.7 Å². The molecule has 0 amide bonds. The fourth-order valence-corrected chi connectivity index (χ4v) is 4.34. The number of rotatable bonds is 18. The van der Waals surface area contributed by atoms with E-state index in [1.165, 1.54) is 18.6 Å². The Morgan fingerprint density at radius 3 is 2.00 bits per heavy atom. The molecule has 0 saturated carbocycles. The van der Waals surface area contributed by atoms with Crippen LogP contribution in [0.25, 0.3) is 0 Å². The monoisotopic (exact) mass is 362 g/mol. The van der Waals surface area contributed by atoms with Gasteiger partial charge in [-0.3, -0.25) is 0 Å². The highest BCUT2D eigenvalue weighted by molar-refractivity contribution is 6.35. The Balaban J connectivity index is 3.52. The van der Waals surface area contributed by atoms with E-state index in [1.807, 2.05) is 13.8 Å². The van der Waals surface area contributed by atoms with Crippen LogP contribution in [0.3, 0.4) is 0 Å². The third-order valence-corrected chi connectivity index (χ3v) is 5.81. The molecule has 0 bridgehead atoms. The molecule has 0 unspecified atom stereocenters. The fourth-order valence-electron chi connectivity index (χ4n) is 2.60. The van der Waals surface area contributed by atoms with Crippen LogP contribution in [0.2, 0.25) is 12.1 Å². The second kappa shape index (κ2) is 17.8. The summed E-state index contributed by atoms with van der Waals surface area (Å²) < 4.78 is 16.6. The van der Waals surface area contributed by atoms with Crippen LogP contribution in [-0.4, -0.2) is 92.3 Å². The molecule has 24 heavy (non-hydrogen) atoms. The highest BCUT2D eigenvalue weighted by atomic mass is 28.2. The summed E-state index contributed by atoms with van der Waals surface area (Å²) in [7, 11) is 4.45. The minimum atomic E-state index is 0.00431. The Morgan fingerprint density at radius 1 is 0.792 bits per heavy atom. The average Bonchev–Trinajstić information content (AvgIpc) is 2.57. The second-order valence-corrected chi connectivity index (χ2v) is 8.47. The molecule has 0 heterocycles. The first-order valence-electron chi connectivity index (χ1n) is 9.82. The minimum absolute atomic E-state index is 0.00431. The molecule has 0 aliphatic heterocycles. The number of ether oxygens (including phenoxy) is 3. The molecule has 6 heteroatoms. The third kappa shape index (κ3) is 15.5. The summed E-state index contributed by atoms with van der Waals surface area (Å²) in [5.74, 6) is 0. The van der Waals surface area contributed by atoms with Crippen molar-refractivity contribution in [1.29, 1.82) is 0 Å². The molecular weight excluding hydrogens is 320 g/mol. The largest absolute Gasteiger partial charge is 0.382 e. The Kier molecular flexibility index (Phi) is 17.8. The molecule has 146 valence electrons. The zero-order chi connectivity index (χ0) is 18.0. The molecule has 0 aliphatic rings. The molecule has 5 nitrogen and oxygen atoms in total. The fraction of sp³-hybridized carbons (Fsp3) is 1.00. The molecule has 0 atom stereocenters. The van der Waals surface area contributed by atoms with Gasteiger partial charge in [0.2, 0.25) is 0 Å². The topological polar surface area (TPSA) is 34.2 Å². The average molecular weight is 363 g/mol. The van der Waals surface area contributed by atoms with Crippen LogP contribution in [-0.2, 0) is 14.2 Å². The molecular formula is C18H42N2O3Si. The van der Waals surface area contributed by atoms with Crippen LogP contribution in [0.1, 0.15) is 33.6 Å². The smallest absolute Gasteiger partial charge is 0.157 e. The van der Waals surface area contributed by atoms with E-state index in [9.17, 15) is 0 Å². The first kappa shape index (κ1) is 24.0. The quantitative estimate of drug-likeness (QED) is 0.212. The van der Waals surface area contributed by atoms with Gasteiger partial charge in [-0.05, 0) is 54.3 Å². The van der Waals surface area contributed by atoms with Crippen molar-refractivity contribution < 1.29 is 14.2 Å². The summed E-state index contributed by atoms with van der Waals surface area (Å²) in [5, 5.41) is 0. The first-order chi connectivity index (χ1) is 11.6. The number of nitrogens with zero attached hydrogens (tertiary/aromatic N) is 2. The molecule has 0 radical (unpaired) electrons. The van der Waals surface area contributed by atoms with Gasteiger partial charge in [0.15, 0.2) is 6.29 Å². The molecule has 0 spiro atoms. The molecule has 0 fully saturated rings. The highest BCUT2D eigenvalue weighted by Gasteiger charge is 2.07. The van der Waals surface area contributed by atoms with E-state index >= 15 is 0 Å². The lowest BCUT2D eigenvalue weighted by molar-refractivity contribution is -0.136. The van der Waals surface area contributed by atoms with Crippen LogP contribution in [0, 0.1) is 0 Å². The van der Waals surface area contributed by atoms with Gasteiger partial charge in [-0.15, -0.1) is 0 Å². The maximum absolute atomic E-state index is 5.60. The van der Waals surface area contributed by atoms with Gasteiger partial charge in [0, 0.05) is 55.6 Å². The molecule has 0 saturated heterocycles. The maximum Gasteiger partial charge on any atom is 0.157 e. The third-order valence-electron chi connectivity index (χ3n) is 4.08. The number of hydrogen-bond acceptors (Lipinski definition) is 5. The Labute approximate surface area is 152 Å². The first-order valence-corrected chi connectivity index (χ1v) is 11.8.